The molecule has 0 fully saturated rings. The van der Waals surface area contributed by atoms with Gasteiger partial charge in [-0.25, -0.2) is 0 Å². The lowest BCUT2D eigenvalue weighted by Crippen LogP contribution is -1.72. The van der Waals surface area contributed by atoms with Crippen LogP contribution in [0, 0.1) is 0 Å². The van der Waals surface area contributed by atoms with E-state index in [1.54, 1.807) is 0 Å². The summed E-state index contributed by atoms with van der Waals surface area (Å²) in [7, 11) is 0. The fourth-order valence-electron chi connectivity index (χ4n) is 0.0768. The van der Waals surface area contributed by atoms with E-state index in [1.807, 2.05) is 6.92 Å². The van der Waals surface area contributed by atoms with E-state index in [2.05, 4.69) is 12.2 Å². The molecule has 0 aromatic rings. The van der Waals surface area contributed by atoms with Crippen molar-refractivity contribution in [2.45, 2.75) is 6.92 Å². The van der Waals surface area contributed by atoms with Gasteiger partial charge in [-0.1, -0.05) is 12.2 Å². The maximum Gasteiger partial charge on any atom is 0.0732 e. The van der Waals surface area contributed by atoms with Crippen LogP contribution in [-0.4, -0.2) is 9.41 Å². The molecular formula is C3H5ClS2. The van der Waals surface area contributed by atoms with Crippen LogP contribution in [0.3, 0.4) is 0 Å². The Labute approximate surface area is 52.3 Å². The average Bonchev–Trinajstić information content (AvgIpc) is 1.35. The number of alkyl halides is 1. The summed E-state index contributed by atoms with van der Waals surface area (Å²) in [6, 6.07) is 0. The minimum absolute atomic E-state index is 0.579. The number of hydrogen-bond acceptors (Lipinski definition) is 2. The van der Waals surface area contributed by atoms with Crippen molar-refractivity contribution in [3.05, 3.63) is 0 Å². The topological polar surface area (TPSA) is 0 Å². The Morgan fingerprint density at radius 3 is 2.50 bits per heavy atom. The van der Waals surface area contributed by atoms with E-state index in [9.17, 15) is 0 Å². The standard InChI is InChI=1S/C3H5ClS2/c1-3(5)6-2-4/h2H2,1H3. The van der Waals surface area contributed by atoms with Crippen molar-refractivity contribution in [1.29, 1.82) is 0 Å². The second kappa shape index (κ2) is 3.90. The molecule has 0 aliphatic rings. The average molecular weight is 141 g/mol. The Morgan fingerprint density at radius 2 is 2.50 bits per heavy atom. The van der Waals surface area contributed by atoms with Gasteiger partial charge in [-0.05, 0) is 6.92 Å². The predicted molar refractivity (Wildman–Crippen MR) is 36.6 cm³/mol. The Bertz CT molecular complexity index is 52.8. The smallest absolute Gasteiger partial charge is 0.0732 e. The third-order valence-electron chi connectivity index (χ3n) is 0.258. The molecule has 3 heteroatoms. The van der Waals surface area contributed by atoms with E-state index in [4.69, 9.17) is 11.6 Å². The molecule has 0 spiro atoms. The molecule has 0 saturated carbocycles. The summed E-state index contributed by atoms with van der Waals surface area (Å²) in [5.74, 6) is 0. The van der Waals surface area contributed by atoms with Crippen LogP contribution >= 0.6 is 35.6 Å². The van der Waals surface area contributed by atoms with Crippen LogP contribution in [0.25, 0.3) is 0 Å². The van der Waals surface area contributed by atoms with Gasteiger partial charge >= 0.3 is 0 Å². The zero-order chi connectivity index (χ0) is 4.99. The summed E-state index contributed by atoms with van der Waals surface area (Å²) in [6.45, 7) is 1.86. The highest BCUT2D eigenvalue weighted by Crippen LogP contribution is 2.03. The molecule has 0 aliphatic carbocycles. The van der Waals surface area contributed by atoms with E-state index >= 15 is 0 Å². The first-order valence-electron chi connectivity index (χ1n) is 1.46. The molecule has 0 nitrogen and oxygen atoms in total. The van der Waals surface area contributed by atoms with E-state index in [0.717, 1.165) is 4.20 Å². The predicted octanol–water partition coefficient (Wildman–Crippen LogP) is 2.26. The van der Waals surface area contributed by atoms with Gasteiger partial charge in [0.15, 0.2) is 0 Å². The molecule has 0 unspecified atom stereocenters. The van der Waals surface area contributed by atoms with Crippen LogP contribution in [-0.2, 0) is 0 Å². The zero-order valence-corrected chi connectivity index (χ0v) is 5.79. The third kappa shape index (κ3) is 4.73. The van der Waals surface area contributed by atoms with E-state index in [0.29, 0.717) is 5.21 Å². The molecular weight excluding hydrogens is 136 g/mol. The fraction of sp³-hybridized carbons (Fsp3) is 0.667. The normalized spacial score (nSPS) is 8.33. The van der Waals surface area contributed by atoms with E-state index in [1.165, 1.54) is 11.8 Å². The van der Waals surface area contributed by atoms with Crippen LogP contribution in [0.2, 0.25) is 0 Å². The minimum atomic E-state index is 0.579. The lowest BCUT2D eigenvalue weighted by molar-refractivity contribution is 2.10. The molecule has 0 aliphatic heterocycles. The van der Waals surface area contributed by atoms with Gasteiger partial charge in [0.05, 0.1) is 5.21 Å². The maximum atomic E-state index is 5.27. The number of thioether (sulfide) groups is 1. The number of thiocarbonyl (C=S) groups is 1. The quantitative estimate of drug-likeness (QED) is 0.405. The first kappa shape index (κ1) is 6.73. The molecule has 6 heavy (non-hydrogen) atoms. The molecule has 0 N–H and O–H groups in total. The van der Waals surface area contributed by atoms with Gasteiger partial charge in [0.1, 0.15) is 0 Å². The summed E-state index contributed by atoms with van der Waals surface area (Å²) >= 11 is 11.4. The van der Waals surface area contributed by atoms with Gasteiger partial charge in [0.25, 0.3) is 0 Å². The lowest BCUT2D eigenvalue weighted by Gasteiger charge is -1.83. The van der Waals surface area contributed by atoms with Crippen molar-refractivity contribution in [2.24, 2.45) is 0 Å². The number of rotatable bonds is 1. The van der Waals surface area contributed by atoms with Crippen LogP contribution in [0.5, 0.6) is 0 Å². The second-order valence-electron chi connectivity index (χ2n) is 0.745. The van der Waals surface area contributed by atoms with Gasteiger partial charge in [-0.15, -0.1) is 23.4 Å². The van der Waals surface area contributed by atoms with Crippen LogP contribution in [0.4, 0.5) is 0 Å². The number of hydrogen-bond donors (Lipinski definition) is 0. The first-order valence-corrected chi connectivity index (χ1v) is 3.39. The Balaban J connectivity index is 2.83. The summed E-state index contributed by atoms with van der Waals surface area (Å²) in [4.78, 5) is 0. The molecule has 0 amide bonds. The Hall–Kier alpha value is 0.730. The lowest BCUT2D eigenvalue weighted by atomic mass is 11.0. The van der Waals surface area contributed by atoms with E-state index < -0.39 is 0 Å². The Kier molecular flexibility index (Phi) is 4.38. The zero-order valence-electron chi connectivity index (χ0n) is 3.40. The van der Waals surface area contributed by atoms with Crippen molar-refractivity contribution in [3.8, 4) is 0 Å². The molecule has 0 aromatic heterocycles. The van der Waals surface area contributed by atoms with Crippen molar-refractivity contribution < 1.29 is 0 Å². The van der Waals surface area contributed by atoms with Gasteiger partial charge in [-0.2, -0.15) is 0 Å². The molecule has 36 valence electrons. The second-order valence-corrected chi connectivity index (χ2v) is 3.39. The maximum absolute atomic E-state index is 5.27. The SMILES string of the molecule is CC(=S)SCCl. The highest BCUT2D eigenvalue weighted by atomic mass is 35.5. The van der Waals surface area contributed by atoms with Crippen LogP contribution in [0.15, 0.2) is 0 Å². The molecule has 0 bridgehead atoms. The summed E-state index contributed by atoms with van der Waals surface area (Å²) in [6.07, 6.45) is 0. The van der Waals surface area contributed by atoms with Crippen molar-refractivity contribution in [1.82, 2.24) is 0 Å². The van der Waals surface area contributed by atoms with Gasteiger partial charge in [-0.3, -0.25) is 0 Å². The molecule has 0 radical (unpaired) electrons. The van der Waals surface area contributed by atoms with Gasteiger partial charge < -0.3 is 0 Å². The van der Waals surface area contributed by atoms with Crippen LogP contribution < -0.4 is 0 Å². The molecule has 0 rings (SSSR count). The van der Waals surface area contributed by atoms with Crippen molar-refractivity contribution in [3.63, 3.8) is 0 Å². The van der Waals surface area contributed by atoms with Crippen LogP contribution in [0.1, 0.15) is 6.92 Å². The van der Waals surface area contributed by atoms with E-state index in [-0.39, 0.29) is 0 Å². The minimum Gasteiger partial charge on any atom is -0.114 e. The Morgan fingerprint density at radius 1 is 2.00 bits per heavy atom. The summed E-state index contributed by atoms with van der Waals surface area (Å²) in [5, 5.41) is 0.579. The third-order valence-corrected chi connectivity index (χ3v) is 1.45. The number of halogens is 1. The van der Waals surface area contributed by atoms with Crippen molar-refractivity contribution in [2.75, 3.05) is 5.21 Å². The first-order chi connectivity index (χ1) is 2.77. The largest absolute Gasteiger partial charge is 0.114 e. The monoisotopic (exact) mass is 140 g/mol. The summed E-state index contributed by atoms with van der Waals surface area (Å²) < 4.78 is 0.907. The highest BCUT2D eigenvalue weighted by Gasteiger charge is 1.80. The fourth-order valence-corrected chi connectivity index (χ4v) is 1.09. The highest BCUT2D eigenvalue weighted by molar-refractivity contribution is 8.23. The molecule has 0 saturated heterocycles. The summed E-state index contributed by atoms with van der Waals surface area (Å²) in [5.41, 5.74) is 0. The van der Waals surface area contributed by atoms with Gasteiger partial charge in [0, 0.05) is 4.20 Å². The molecule has 0 aromatic carbocycles. The van der Waals surface area contributed by atoms with Crippen molar-refractivity contribution >= 4 is 39.8 Å². The molecule has 0 heterocycles. The molecule has 0 atom stereocenters. The van der Waals surface area contributed by atoms with Gasteiger partial charge in [0.2, 0.25) is 0 Å².